The number of hydrogen-bond donors (Lipinski definition) is 0. The summed E-state index contributed by atoms with van der Waals surface area (Å²) < 4.78 is 25.4. The van der Waals surface area contributed by atoms with Crippen LogP contribution in [-0.4, -0.2) is 0 Å². The van der Waals surface area contributed by atoms with Gasteiger partial charge in [-0.1, -0.05) is 61.7 Å². The van der Waals surface area contributed by atoms with Gasteiger partial charge in [0.1, 0.15) is 22.7 Å². The van der Waals surface area contributed by atoms with Crippen molar-refractivity contribution >= 4 is 23.4 Å². The second-order valence-electron chi connectivity index (χ2n) is 7.16. The number of ether oxygens (including phenoxy) is 1. The first-order valence-corrected chi connectivity index (χ1v) is 9.52. The lowest BCUT2D eigenvalue weighted by Crippen LogP contribution is -2.35. The molecule has 1 aliphatic heterocycles. The maximum Gasteiger partial charge on any atom is 0.344 e. The second kappa shape index (κ2) is 6.85. The maximum atomic E-state index is 13.7. The first-order chi connectivity index (χ1) is 14.6. The molecule has 0 N–H and O–H groups in total. The molecule has 0 radical (unpaired) electrons. The third-order valence-corrected chi connectivity index (χ3v) is 5.43. The highest BCUT2D eigenvalue weighted by Gasteiger charge is 2.34. The van der Waals surface area contributed by atoms with E-state index in [1.165, 1.54) is 12.1 Å². The van der Waals surface area contributed by atoms with Crippen molar-refractivity contribution in [2.24, 2.45) is 0 Å². The van der Waals surface area contributed by atoms with Crippen LogP contribution in [0.2, 0.25) is 0 Å². The van der Waals surface area contributed by atoms with E-state index in [-0.39, 0.29) is 11.2 Å². The lowest BCUT2D eigenvalue weighted by Gasteiger charge is -2.29. The van der Waals surface area contributed by atoms with Crippen molar-refractivity contribution in [3.05, 3.63) is 117 Å². The molecule has 146 valence electrons. The molecular weight excluding hydrogens is 379 g/mol. The highest BCUT2D eigenvalue weighted by molar-refractivity contribution is 5.90. The zero-order valence-electron chi connectivity index (χ0n) is 16.0. The van der Waals surface area contributed by atoms with E-state index in [2.05, 4.69) is 13.2 Å². The van der Waals surface area contributed by atoms with Crippen LogP contribution in [-0.2, 0) is 0 Å². The Kier molecular flexibility index (Phi) is 4.14. The summed E-state index contributed by atoms with van der Waals surface area (Å²) in [5.74, 6) is 0.210. The molecule has 1 unspecified atom stereocenters. The highest BCUT2D eigenvalue weighted by atomic mass is 19.1. The Morgan fingerprint density at radius 1 is 0.967 bits per heavy atom. The van der Waals surface area contributed by atoms with Crippen molar-refractivity contribution in [1.29, 1.82) is 0 Å². The molecule has 0 saturated carbocycles. The number of hydrogen-bond acceptors (Lipinski definition) is 3. The molecule has 2 heterocycles. The number of rotatable bonds is 2. The zero-order chi connectivity index (χ0) is 20.8. The molecule has 4 aromatic rings. The fourth-order valence-corrected chi connectivity index (χ4v) is 4.14. The van der Waals surface area contributed by atoms with Crippen molar-refractivity contribution in [3.8, 4) is 11.5 Å². The monoisotopic (exact) mass is 396 g/mol. The van der Waals surface area contributed by atoms with Gasteiger partial charge in [0.15, 0.2) is 0 Å². The van der Waals surface area contributed by atoms with Crippen LogP contribution >= 0.6 is 0 Å². The summed E-state index contributed by atoms with van der Waals surface area (Å²) in [5.41, 5.74) is 1.67. The molecule has 0 bridgehead atoms. The Labute approximate surface area is 171 Å². The fraction of sp³-hybridized carbons (Fsp3) is 0.0385. The number of halogens is 1. The summed E-state index contributed by atoms with van der Waals surface area (Å²) in [7, 11) is 0. The van der Waals surface area contributed by atoms with Gasteiger partial charge in [-0.3, -0.25) is 0 Å². The minimum absolute atomic E-state index is 0.209. The van der Waals surface area contributed by atoms with Gasteiger partial charge in [-0.25, -0.2) is 9.18 Å². The maximum absolute atomic E-state index is 13.7. The summed E-state index contributed by atoms with van der Waals surface area (Å²) in [6.07, 6.45) is 3.30. The first kappa shape index (κ1) is 18.1. The normalized spacial score (nSPS) is 15.4. The summed E-state index contributed by atoms with van der Waals surface area (Å²) in [4.78, 5) is 13.0. The molecule has 3 nitrogen and oxygen atoms in total. The summed E-state index contributed by atoms with van der Waals surface area (Å²) >= 11 is 0. The topological polar surface area (TPSA) is 39.4 Å². The fourth-order valence-electron chi connectivity index (χ4n) is 4.14. The molecule has 4 heteroatoms. The number of allylic oxidation sites excluding steroid dienone is 1. The first-order valence-electron chi connectivity index (χ1n) is 9.52. The molecular formula is C26H17FO3. The molecule has 30 heavy (non-hydrogen) atoms. The Balaban J connectivity index is 1.95. The zero-order valence-corrected chi connectivity index (χ0v) is 16.0. The Hall–Kier alpha value is -3.92. The van der Waals surface area contributed by atoms with E-state index < -0.39 is 11.5 Å². The van der Waals surface area contributed by atoms with E-state index in [0.717, 1.165) is 21.9 Å². The van der Waals surface area contributed by atoms with E-state index in [1.807, 2.05) is 36.4 Å². The van der Waals surface area contributed by atoms with Crippen LogP contribution in [0.4, 0.5) is 4.39 Å². The van der Waals surface area contributed by atoms with Gasteiger partial charge in [0.2, 0.25) is 0 Å². The second-order valence-corrected chi connectivity index (χ2v) is 7.16. The smallest absolute Gasteiger partial charge is 0.344 e. The molecule has 0 spiro atoms. The van der Waals surface area contributed by atoms with Crippen LogP contribution in [0.5, 0.6) is 11.5 Å². The molecule has 5 rings (SSSR count). The molecule has 3 aromatic carbocycles. The quantitative estimate of drug-likeness (QED) is 0.438. The van der Waals surface area contributed by atoms with Crippen LogP contribution in [0, 0.1) is 5.82 Å². The highest BCUT2D eigenvalue weighted by Crippen LogP contribution is 2.47. The lowest BCUT2D eigenvalue weighted by molar-refractivity contribution is 0.404. The largest absolute Gasteiger partial charge is 0.456 e. The Morgan fingerprint density at radius 3 is 2.50 bits per heavy atom. The standard InChI is InChI=1S/C26H17FO3/c1-3-6-19-15(2)29-26(28)24-22(17-9-12-18(27)13-10-17)23-20-8-5-4-7-16(20)11-14-21(23)30-25(19)24/h3-14,22H,1-2H2/b19-6+. The third kappa shape index (κ3) is 2.69. The number of benzene rings is 3. The Morgan fingerprint density at radius 2 is 1.73 bits per heavy atom. The molecule has 0 amide bonds. The SMILES string of the molecule is C=C/C=c1/c2c(c(=O)oc1=C)C(c1ccc(F)cc1)c1c(ccc3ccccc13)O2. The van der Waals surface area contributed by atoms with Gasteiger partial charge in [0.05, 0.1) is 10.8 Å². The van der Waals surface area contributed by atoms with E-state index in [0.29, 0.717) is 22.3 Å². The van der Waals surface area contributed by atoms with Crippen molar-refractivity contribution in [2.45, 2.75) is 5.92 Å². The van der Waals surface area contributed by atoms with Crippen molar-refractivity contribution < 1.29 is 13.5 Å². The van der Waals surface area contributed by atoms with Gasteiger partial charge >= 0.3 is 5.63 Å². The molecule has 1 atom stereocenters. The van der Waals surface area contributed by atoms with Crippen molar-refractivity contribution in [1.82, 2.24) is 0 Å². The minimum atomic E-state index is -0.524. The van der Waals surface area contributed by atoms with Crippen LogP contribution in [0.3, 0.4) is 0 Å². The molecule has 1 aliphatic rings. The van der Waals surface area contributed by atoms with Crippen molar-refractivity contribution in [3.63, 3.8) is 0 Å². The van der Waals surface area contributed by atoms with Crippen molar-refractivity contribution in [2.75, 3.05) is 0 Å². The Bertz CT molecular complexity index is 1480. The average Bonchev–Trinajstić information content (AvgIpc) is 2.75. The third-order valence-electron chi connectivity index (χ3n) is 5.43. The lowest BCUT2D eigenvalue weighted by atomic mass is 9.81. The van der Waals surface area contributed by atoms with E-state index in [4.69, 9.17) is 9.15 Å². The van der Waals surface area contributed by atoms with E-state index in [9.17, 15) is 9.18 Å². The van der Waals surface area contributed by atoms with Gasteiger partial charge in [-0.2, -0.15) is 0 Å². The van der Waals surface area contributed by atoms with Crippen LogP contribution in [0.1, 0.15) is 22.6 Å². The molecule has 0 aliphatic carbocycles. The van der Waals surface area contributed by atoms with E-state index >= 15 is 0 Å². The molecule has 0 saturated heterocycles. The predicted molar refractivity (Wildman–Crippen MR) is 116 cm³/mol. The van der Waals surface area contributed by atoms with E-state index in [1.54, 1.807) is 24.3 Å². The average molecular weight is 396 g/mol. The minimum Gasteiger partial charge on any atom is -0.456 e. The number of fused-ring (bicyclic) bond motifs is 4. The van der Waals surface area contributed by atoms with Gasteiger partial charge < -0.3 is 9.15 Å². The molecule has 1 aromatic heterocycles. The van der Waals surface area contributed by atoms with Gasteiger partial charge in [-0.15, -0.1) is 0 Å². The van der Waals surface area contributed by atoms with Gasteiger partial charge in [0, 0.05) is 11.5 Å². The summed E-state index contributed by atoms with van der Waals surface area (Å²) in [5, 5.41) is 2.54. The van der Waals surface area contributed by atoms with Crippen LogP contribution < -0.4 is 21.0 Å². The molecule has 0 fully saturated rings. The van der Waals surface area contributed by atoms with Gasteiger partial charge in [-0.05, 0) is 40.6 Å². The van der Waals surface area contributed by atoms with Crippen LogP contribution in [0.25, 0.3) is 23.4 Å². The van der Waals surface area contributed by atoms with Gasteiger partial charge in [0.25, 0.3) is 0 Å². The summed E-state index contributed by atoms with van der Waals surface area (Å²) in [6.45, 7) is 7.59. The predicted octanol–water partition coefficient (Wildman–Crippen LogP) is 4.59. The van der Waals surface area contributed by atoms with Crippen LogP contribution in [0.15, 0.2) is 82.5 Å². The summed E-state index contributed by atoms with van der Waals surface area (Å²) in [6, 6.07) is 17.9.